The van der Waals surface area contributed by atoms with E-state index in [1.165, 1.54) is 30.3 Å². The number of amides is 2. The lowest BCUT2D eigenvalue weighted by atomic mass is 9.58. The summed E-state index contributed by atoms with van der Waals surface area (Å²) in [6.45, 7) is 1.71. The van der Waals surface area contributed by atoms with Crippen LogP contribution in [0.2, 0.25) is 6.32 Å². The minimum atomic E-state index is -1.76. The van der Waals surface area contributed by atoms with Gasteiger partial charge in [0.1, 0.15) is 0 Å². The number of carbonyl (C=O) groups excluding carboxylic acids is 2. The zero-order chi connectivity index (χ0) is 30.1. The molecule has 2 aliphatic heterocycles. The third kappa shape index (κ3) is 5.82. The normalized spacial score (nSPS) is 24.3. The van der Waals surface area contributed by atoms with Crippen molar-refractivity contribution >= 4 is 43.3 Å². The molecule has 2 aromatic rings. The van der Waals surface area contributed by atoms with Crippen molar-refractivity contribution in [3.05, 3.63) is 70.6 Å². The van der Waals surface area contributed by atoms with Crippen molar-refractivity contribution in [3.8, 4) is 5.75 Å². The number of halogens is 1. The summed E-state index contributed by atoms with van der Waals surface area (Å²) in [5.41, 5.74) is 3.39. The molecule has 3 aliphatic rings. The van der Waals surface area contributed by atoms with E-state index >= 15 is 0 Å². The van der Waals surface area contributed by atoms with Gasteiger partial charge in [0.2, 0.25) is 11.8 Å². The molecule has 9 nitrogen and oxygen atoms in total. The quantitative estimate of drug-likeness (QED) is 0.173. The summed E-state index contributed by atoms with van der Waals surface area (Å²) < 4.78 is 19.9. The molecule has 1 aliphatic carbocycles. The number of hydrogen-bond donors (Lipinski definition) is 5. The summed E-state index contributed by atoms with van der Waals surface area (Å²) in [5.74, 6) is -3.97. The molecule has 4 atom stereocenters. The van der Waals surface area contributed by atoms with Crippen LogP contribution >= 0.6 is 0 Å². The fraction of sp³-hybridized carbons (Fsp3) is 0.400. The molecule has 2 fully saturated rings. The summed E-state index contributed by atoms with van der Waals surface area (Å²) >= 11 is 0. The molecule has 2 aromatic carbocycles. The Morgan fingerprint density at radius 3 is 2.62 bits per heavy atom. The molecular formula is C30H34B2FNO8. The van der Waals surface area contributed by atoms with Crippen LogP contribution in [0.4, 0.5) is 10.1 Å². The molecule has 0 aromatic heterocycles. The Labute approximate surface area is 244 Å². The number of phenolic OH excluding ortho intramolecular Hbond substituents is 1. The maximum absolute atomic E-state index is 13.9. The first-order valence-corrected chi connectivity index (χ1v) is 14.3. The van der Waals surface area contributed by atoms with Gasteiger partial charge in [-0.1, -0.05) is 43.2 Å². The van der Waals surface area contributed by atoms with Gasteiger partial charge < -0.3 is 29.9 Å². The first kappa shape index (κ1) is 30.2. The number of aliphatic hydroxyl groups is 1. The van der Waals surface area contributed by atoms with E-state index in [1.54, 1.807) is 12.1 Å². The number of nitrogens with zero attached hydrogens (tertiary/aromatic N) is 1. The van der Waals surface area contributed by atoms with E-state index in [1.807, 2.05) is 13.0 Å². The predicted octanol–water partition coefficient (Wildman–Crippen LogP) is 2.17. The summed E-state index contributed by atoms with van der Waals surface area (Å²) in [7, 11) is -2.93. The number of rotatable bonds is 9. The lowest BCUT2D eigenvalue weighted by Gasteiger charge is -2.43. The average Bonchev–Trinajstić information content (AvgIpc) is 3.22. The van der Waals surface area contributed by atoms with E-state index in [2.05, 4.69) is 0 Å². The highest BCUT2D eigenvalue weighted by Crippen LogP contribution is 2.51. The molecule has 0 radical (unpaired) electrons. The molecular weight excluding hydrogens is 543 g/mol. The van der Waals surface area contributed by atoms with Crippen molar-refractivity contribution in [1.29, 1.82) is 0 Å². The first-order valence-electron chi connectivity index (χ1n) is 14.3. The Morgan fingerprint density at radius 1 is 1.14 bits per heavy atom. The number of hydrogen-bond acceptors (Lipinski definition) is 8. The number of aliphatic hydroxyl groups excluding tert-OH is 1. The van der Waals surface area contributed by atoms with E-state index in [9.17, 15) is 39.3 Å². The van der Waals surface area contributed by atoms with Crippen LogP contribution in [-0.2, 0) is 14.2 Å². The zero-order valence-electron chi connectivity index (χ0n) is 23.3. The molecule has 5 rings (SSSR count). The fourth-order valence-corrected chi connectivity index (χ4v) is 6.74. The van der Waals surface area contributed by atoms with Crippen LogP contribution in [0.5, 0.6) is 5.75 Å². The van der Waals surface area contributed by atoms with Gasteiger partial charge >= 0.3 is 14.2 Å². The topological polar surface area (TPSA) is 148 Å². The van der Waals surface area contributed by atoms with E-state index in [-0.39, 0.29) is 30.5 Å². The molecule has 0 unspecified atom stereocenters. The maximum atomic E-state index is 13.9. The van der Waals surface area contributed by atoms with Crippen LogP contribution in [0.3, 0.4) is 0 Å². The van der Waals surface area contributed by atoms with Crippen LogP contribution < -0.4 is 10.4 Å². The summed E-state index contributed by atoms with van der Waals surface area (Å²) in [5, 5.41) is 49.8. The predicted molar refractivity (Wildman–Crippen MR) is 156 cm³/mol. The van der Waals surface area contributed by atoms with Crippen LogP contribution in [0, 0.1) is 23.6 Å². The Kier molecular flexibility index (Phi) is 9.00. The van der Waals surface area contributed by atoms with Crippen LogP contribution in [0.1, 0.15) is 44.6 Å². The van der Waals surface area contributed by atoms with Gasteiger partial charge in [0, 0.05) is 0 Å². The highest BCUT2D eigenvalue weighted by atomic mass is 19.1. The van der Waals surface area contributed by atoms with Crippen molar-refractivity contribution in [2.75, 3.05) is 11.5 Å². The number of benzene rings is 2. The van der Waals surface area contributed by atoms with E-state index in [0.717, 1.165) is 28.9 Å². The minimum absolute atomic E-state index is 0.100. The van der Waals surface area contributed by atoms with E-state index in [4.69, 9.17) is 4.65 Å². The number of allylic oxidation sites excluding steroid dienone is 1. The third-order valence-corrected chi connectivity index (χ3v) is 8.57. The molecule has 2 heterocycles. The number of carbonyl (C=O) groups is 2. The number of imide groups is 1. The molecule has 0 spiro atoms. The SMILES string of the molecule is CCC/C(=C\c1ccc(O)c(F)c1)CC[C@H]1OB(O)C[C@H]2C1=C(CO)C[C@H]1C(=O)N(c3cccc(B(O)O)c3)C(=O)[C@H]12. The van der Waals surface area contributed by atoms with Crippen molar-refractivity contribution in [2.45, 2.75) is 51.5 Å². The Bertz CT molecular complexity index is 1430. The number of phenols is 1. The fourth-order valence-electron chi connectivity index (χ4n) is 6.74. The van der Waals surface area contributed by atoms with Crippen molar-refractivity contribution < 1.29 is 43.9 Å². The van der Waals surface area contributed by atoms with Crippen LogP contribution in [0.25, 0.3) is 6.08 Å². The second-order valence-corrected chi connectivity index (χ2v) is 11.3. The molecule has 220 valence electrons. The van der Waals surface area contributed by atoms with E-state index in [0.29, 0.717) is 24.0 Å². The standard InChI is InChI=1S/C30H34B2FNO8/c1-2-4-17(11-18-7-9-25(36)24(33)12-18)8-10-26-27-19(16-35)13-22-28(23(27)15-31(39)42-26)30(38)34(29(22)37)21-6-3-5-20(14-21)32(40)41/h3,5-7,9,11-12,14,22-23,26,28,35-36,39-41H,2,4,8,10,13,15-16H2,1H3/b17-11+/t22-,23+,26-,28-/m1/s1. The van der Waals surface area contributed by atoms with Gasteiger partial charge in [0.05, 0.1) is 30.2 Å². The molecule has 2 saturated heterocycles. The van der Waals surface area contributed by atoms with Crippen molar-refractivity contribution in [2.24, 2.45) is 17.8 Å². The minimum Gasteiger partial charge on any atom is -0.505 e. The summed E-state index contributed by atoms with van der Waals surface area (Å²) in [6.07, 6.45) is 4.13. The van der Waals surface area contributed by atoms with E-state index < -0.39 is 61.5 Å². The molecule has 0 bridgehead atoms. The largest absolute Gasteiger partial charge is 0.505 e. The maximum Gasteiger partial charge on any atom is 0.488 e. The lowest BCUT2D eigenvalue weighted by molar-refractivity contribution is -0.122. The second-order valence-electron chi connectivity index (χ2n) is 11.3. The molecule has 2 amide bonds. The van der Waals surface area contributed by atoms with Gasteiger partial charge in [0.15, 0.2) is 11.6 Å². The number of anilines is 1. The molecule has 12 heteroatoms. The number of fused-ring (bicyclic) bond motifs is 3. The van der Waals surface area contributed by atoms with Gasteiger partial charge in [-0.3, -0.25) is 14.5 Å². The first-order chi connectivity index (χ1) is 20.1. The average molecular weight is 577 g/mol. The Morgan fingerprint density at radius 2 is 1.93 bits per heavy atom. The van der Waals surface area contributed by atoms with Gasteiger partial charge in [-0.05, 0) is 84.4 Å². The molecule has 42 heavy (non-hydrogen) atoms. The molecule has 0 saturated carbocycles. The van der Waals surface area contributed by atoms with Gasteiger partial charge in [-0.2, -0.15) is 0 Å². The van der Waals surface area contributed by atoms with Gasteiger partial charge in [0.25, 0.3) is 0 Å². The smallest absolute Gasteiger partial charge is 0.488 e. The lowest BCUT2D eigenvalue weighted by Crippen LogP contribution is -2.46. The van der Waals surface area contributed by atoms with Crippen LogP contribution in [-0.4, -0.2) is 64.0 Å². The highest BCUT2D eigenvalue weighted by Gasteiger charge is 2.57. The van der Waals surface area contributed by atoms with Gasteiger partial charge in [-0.25, -0.2) is 4.39 Å². The Balaban J connectivity index is 1.42. The van der Waals surface area contributed by atoms with Crippen molar-refractivity contribution in [3.63, 3.8) is 0 Å². The number of aromatic hydroxyl groups is 1. The van der Waals surface area contributed by atoms with Crippen LogP contribution in [0.15, 0.2) is 59.2 Å². The Hall–Kier alpha value is -3.28. The summed E-state index contributed by atoms with van der Waals surface area (Å²) in [6, 6.07) is 10.2. The zero-order valence-corrected chi connectivity index (χ0v) is 23.3. The monoisotopic (exact) mass is 577 g/mol. The second kappa shape index (κ2) is 12.5. The third-order valence-electron chi connectivity index (χ3n) is 8.57. The van der Waals surface area contributed by atoms with Gasteiger partial charge in [-0.15, -0.1) is 0 Å². The highest BCUT2D eigenvalue weighted by molar-refractivity contribution is 6.58. The van der Waals surface area contributed by atoms with Crippen molar-refractivity contribution in [1.82, 2.24) is 0 Å². The summed E-state index contributed by atoms with van der Waals surface area (Å²) in [4.78, 5) is 28.5. The molecule has 5 N–H and O–H groups in total.